The van der Waals surface area contributed by atoms with Crippen LogP contribution < -0.4 is 14.8 Å². The van der Waals surface area contributed by atoms with Crippen LogP contribution in [0.25, 0.3) is 0 Å². The first-order valence-corrected chi connectivity index (χ1v) is 8.05. The van der Waals surface area contributed by atoms with Crippen molar-refractivity contribution in [3.63, 3.8) is 0 Å². The van der Waals surface area contributed by atoms with Gasteiger partial charge in [-0.15, -0.1) is 0 Å². The first-order valence-electron chi connectivity index (χ1n) is 7.67. The molecule has 0 bridgehead atoms. The summed E-state index contributed by atoms with van der Waals surface area (Å²) in [5.74, 6) is 1.41. The molecule has 0 aromatic heterocycles. The molecule has 0 radical (unpaired) electrons. The third kappa shape index (κ3) is 5.38. The van der Waals surface area contributed by atoms with Gasteiger partial charge in [0.15, 0.2) is 11.5 Å². The Morgan fingerprint density at radius 3 is 2.95 bits per heavy atom. The standard InChI is InChI=1S/C16H24ClNO3/c1-2-3-6-19-9-5-18-12-13-10-14(17)16-15(11-13)20-7-4-8-21-16/h10-11,18H,2-9,12H2,1H3. The molecule has 0 aliphatic carbocycles. The molecular weight excluding hydrogens is 290 g/mol. The Labute approximate surface area is 131 Å². The van der Waals surface area contributed by atoms with Crippen LogP contribution in [0.1, 0.15) is 31.7 Å². The van der Waals surface area contributed by atoms with Crippen molar-refractivity contribution in [3.8, 4) is 11.5 Å². The molecule has 1 N–H and O–H groups in total. The Morgan fingerprint density at radius 2 is 2.10 bits per heavy atom. The van der Waals surface area contributed by atoms with Crippen molar-refractivity contribution in [2.45, 2.75) is 32.7 Å². The van der Waals surface area contributed by atoms with Gasteiger partial charge in [-0.05, 0) is 24.1 Å². The van der Waals surface area contributed by atoms with Crippen molar-refractivity contribution < 1.29 is 14.2 Å². The lowest BCUT2D eigenvalue weighted by atomic mass is 10.2. The van der Waals surface area contributed by atoms with Gasteiger partial charge in [-0.1, -0.05) is 24.9 Å². The van der Waals surface area contributed by atoms with Gasteiger partial charge in [0.25, 0.3) is 0 Å². The Bertz CT molecular complexity index is 440. The number of hydrogen-bond acceptors (Lipinski definition) is 4. The highest BCUT2D eigenvalue weighted by atomic mass is 35.5. The molecule has 0 spiro atoms. The second kappa shape index (κ2) is 9.13. The van der Waals surface area contributed by atoms with Crippen molar-refractivity contribution >= 4 is 11.6 Å². The van der Waals surface area contributed by atoms with Crippen LogP contribution >= 0.6 is 11.6 Å². The highest BCUT2D eigenvalue weighted by molar-refractivity contribution is 6.32. The van der Waals surface area contributed by atoms with Gasteiger partial charge in [0.1, 0.15) is 0 Å². The molecule has 1 aliphatic heterocycles. The molecule has 0 saturated carbocycles. The fourth-order valence-corrected chi connectivity index (χ4v) is 2.40. The summed E-state index contributed by atoms with van der Waals surface area (Å²) in [6, 6.07) is 3.93. The van der Waals surface area contributed by atoms with E-state index in [1.165, 1.54) is 6.42 Å². The lowest BCUT2D eigenvalue weighted by molar-refractivity contribution is 0.133. The van der Waals surface area contributed by atoms with E-state index >= 15 is 0 Å². The van der Waals surface area contributed by atoms with Gasteiger partial charge >= 0.3 is 0 Å². The van der Waals surface area contributed by atoms with E-state index in [-0.39, 0.29) is 0 Å². The fraction of sp³-hybridized carbons (Fsp3) is 0.625. The van der Waals surface area contributed by atoms with Crippen LogP contribution in [0.4, 0.5) is 0 Å². The molecular formula is C16H24ClNO3. The molecule has 0 atom stereocenters. The largest absolute Gasteiger partial charge is 0.489 e. The SMILES string of the molecule is CCCCOCCNCc1cc(Cl)c2c(c1)OCCCO2. The maximum absolute atomic E-state index is 6.26. The first-order chi connectivity index (χ1) is 10.3. The molecule has 1 aromatic carbocycles. The van der Waals surface area contributed by atoms with Gasteiger partial charge in [-0.25, -0.2) is 0 Å². The van der Waals surface area contributed by atoms with Crippen LogP contribution in [-0.2, 0) is 11.3 Å². The second-order valence-corrected chi connectivity index (χ2v) is 5.51. The third-order valence-corrected chi connectivity index (χ3v) is 3.54. The zero-order valence-electron chi connectivity index (χ0n) is 12.6. The molecule has 0 unspecified atom stereocenters. The molecule has 21 heavy (non-hydrogen) atoms. The number of fused-ring (bicyclic) bond motifs is 1. The molecule has 1 aromatic rings. The molecule has 4 nitrogen and oxygen atoms in total. The summed E-state index contributed by atoms with van der Waals surface area (Å²) in [5, 5.41) is 3.96. The van der Waals surface area contributed by atoms with E-state index in [4.69, 9.17) is 25.8 Å². The van der Waals surface area contributed by atoms with Crippen LogP contribution in [0.3, 0.4) is 0 Å². The summed E-state index contributed by atoms with van der Waals surface area (Å²) in [6.45, 7) is 6.63. The van der Waals surface area contributed by atoms with Crippen LogP contribution in [-0.4, -0.2) is 33.0 Å². The normalized spacial score (nSPS) is 14.0. The predicted molar refractivity (Wildman–Crippen MR) is 84.5 cm³/mol. The first kappa shape index (κ1) is 16.4. The van der Waals surface area contributed by atoms with Crippen LogP contribution in [0.15, 0.2) is 12.1 Å². The van der Waals surface area contributed by atoms with E-state index in [9.17, 15) is 0 Å². The molecule has 118 valence electrons. The number of unbranched alkanes of at least 4 members (excludes halogenated alkanes) is 1. The highest BCUT2D eigenvalue weighted by Gasteiger charge is 2.15. The van der Waals surface area contributed by atoms with Crippen molar-refractivity contribution in [1.29, 1.82) is 0 Å². The minimum atomic E-state index is 0.616. The van der Waals surface area contributed by atoms with Crippen LogP contribution in [0.5, 0.6) is 11.5 Å². The van der Waals surface area contributed by atoms with E-state index in [0.29, 0.717) is 24.0 Å². The number of ether oxygens (including phenoxy) is 3. The van der Waals surface area contributed by atoms with E-state index in [1.807, 2.05) is 12.1 Å². The number of rotatable bonds is 8. The van der Waals surface area contributed by atoms with Crippen molar-refractivity contribution in [2.24, 2.45) is 0 Å². The fourth-order valence-electron chi connectivity index (χ4n) is 2.11. The van der Waals surface area contributed by atoms with E-state index in [2.05, 4.69) is 12.2 Å². The summed E-state index contributed by atoms with van der Waals surface area (Å²) >= 11 is 6.26. The summed E-state index contributed by atoms with van der Waals surface area (Å²) < 4.78 is 16.8. The smallest absolute Gasteiger partial charge is 0.179 e. The van der Waals surface area contributed by atoms with Gasteiger partial charge in [0, 0.05) is 26.1 Å². The molecule has 0 amide bonds. The van der Waals surface area contributed by atoms with Gasteiger partial charge in [0.05, 0.1) is 24.8 Å². The third-order valence-electron chi connectivity index (χ3n) is 3.26. The summed E-state index contributed by atoms with van der Waals surface area (Å²) in [4.78, 5) is 0. The summed E-state index contributed by atoms with van der Waals surface area (Å²) in [6.07, 6.45) is 3.18. The number of nitrogens with one attached hydrogen (secondary N) is 1. The Kier molecular flexibility index (Phi) is 7.13. The average Bonchev–Trinajstić information content (AvgIpc) is 2.72. The molecule has 0 saturated heterocycles. The molecule has 1 aliphatic rings. The van der Waals surface area contributed by atoms with E-state index in [0.717, 1.165) is 50.5 Å². The van der Waals surface area contributed by atoms with Crippen molar-refractivity contribution in [3.05, 3.63) is 22.7 Å². The van der Waals surface area contributed by atoms with Crippen molar-refractivity contribution in [1.82, 2.24) is 5.32 Å². The van der Waals surface area contributed by atoms with Gasteiger partial charge in [-0.3, -0.25) is 0 Å². The maximum atomic E-state index is 6.26. The lowest BCUT2D eigenvalue weighted by Gasteiger charge is -2.12. The van der Waals surface area contributed by atoms with Gasteiger partial charge in [-0.2, -0.15) is 0 Å². The maximum Gasteiger partial charge on any atom is 0.179 e. The van der Waals surface area contributed by atoms with Gasteiger partial charge < -0.3 is 19.5 Å². The van der Waals surface area contributed by atoms with Crippen LogP contribution in [0.2, 0.25) is 5.02 Å². The molecule has 0 fully saturated rings. The van der Waals surface area contributed by atoms with E-state index < -0.39 is 0 Å². The van der Waals surface area contributed by atoms with Gasteiger partial charge in [0.2, 0.25) is 0 Å². The zero-order valence-corrected chi connectivity index (χ0v) is 13.4. The number of halogens is 1. The molecule has 2 rings (SSSR count). The minimum absolute atomic E-state index is 0.616. The minimum Gasteiger partial charge on any atom is -0.489 e. The monoisotopic (exact) mass is 313 g/mol. The predicted octanol–water partition coefficient (Wildman–Crippen LogP) is 3.41. The number of benzene rings is 1. The van der Waals surface area contributed by atoms with E-state index in [1.54, 1.807) is 0 Å². The quantitative estimate of drug-likeness (QED) is 0.747. The lowest BCUT2D eigenvalue weighted by Crippen LogP contribution is -2.19. The Hall–Kier alpha value is -0.970. The summed E-state index contributed by atoms with van der Waals surface area (Å²) in [5.41, 5.74) is 1.10. The second-order valence-electron chi connectivity index (χ2n) is 5.10. The Balaban J connectivity index is 1.78. The van der Waals surface area contributed by atoms with Crippen LogP contribution in [0, 0.1) is 0 Å². The topological polar surface area (TPSA) is 39.7 Å². The molecule has 1 heterocycles. The van der Waals surface area contributed by atoms with Crippen molar-refractivity contribution in [2.75, 3.05) is 33.0 Å². The highest BCUT2D eigenvalue weighted by Crippen LogP contribution is 2.37. The summed E-state index contributed by atoms with van der Waals surface area (Å²) in [7, 11) is 0. The zero-order chi connectivity index (χ0) is 14.9. The number of hydrogen-bond donors (Lipinski definition) is 1. The molecule has 5 heteroatoms. The average molecular weight is 314 g/mol. The Morgan fingerprint density at radius 1 is 1.24 bits per heavy atom.